The largest absolute Gasteiger partial charge is 0.326 e. The maximum absolute atomic E-state index is 12.0. The van der Waals surface area contributed by atoms with Gasteiger partial charge < -0.3 is 5.32 Å². The number of halogens is 1. The number of amides is 1. The van der Waals surface area contributed by atoms with Crippen molar-refractivity contribution >= 4 is 27.5 Å². The Morgan fingerprint density at radius 2 is 1.83 bits per heavy atom. The van der Waals surface area contributed by atoms with Crippen molar-refractivity contribution in [1.82, 2.24) is 0 Å². The summed E-state index contributed by atoms with van der Waals surface area (Å²) in [6.07, 6.45) is 5.68. The topological polar surface area (TPSA) is 29.1 Å². The molecule has 0 radical (unpaired) electrons. The van der Waals surface area contributed by atoms with Gasteiger partial charge in [0.2, 0.25) is 5.91 Å². The van der Waals surface area contributed by atoms with Gasteiger partial charge in [0.15, 0.2) is 0 Å². The highest BCUT2D eigenvalue weighted by Gasteiger charge is 2.18. The smallest absolute Gasteiger partial charge is 0.224 e. The van der Waals surface area contributed by atoms with Crippen LogP contribution in [0, 0.1) is 19.8 Å². The van der Waals surface area contributed by atoms with E-state index in [0.717, 1.165) is 21.3 Å². The van der Waals surface area contributed by atoms with E-state index in [-0.39, 0.29) is 5.91 Å². The molecule has 0 heterocycles. The Hall–Kier alpha value is -0.830. The van der Waals surface area contributed by atoms with Crippen LogP contribution < -0.4 is 5.32 Å². The molecule has 2 nitrogen and oxygen atoms in total. The summed E-state index contributed by atoms with van der Waals surface area (Å²) in [5, 5.41) is 3.02. The average molecular weight is 310 g/mol. The zero-order valence-electron chi connectivity index (χ0n) is 11.1. The second kappa shape index (κ2) is 5.87. The van der Waals surface area contributed by atoms with Crippen molar-refractivity contribution in [3.63, 3.8) is 0 Å². The number of anilines is 1. The van der Waals surface area contributed by atoms with Crippen LogP contribution in [-0.4, -0.2) is 5.91 Å². The van der Waals surface area contributed by atoms with E-state index in [2.05, 4.69) is 21.2 Å². The summed E-state index contributed by atoms with van der Waals surface area (Å²) in [7, 11) is 0. The predicted molar refractivity (Wildman–Crippen MR) is 78.8 cm³/mol. The van der Waals surface area contributed by atoms with Crippen LogP contribution in [0.4, 0.5) is 5.69 Å². The van der Waals surface area contributed by atoms with Crippen molar-refractivity contribution < 1.29 is 4.79 Å². The number of carbonyl (C=O) groups is 1. The molecule has 0 unspecified atom stereocenters. The van der Waals surface area contributed by atoms with Gasteiger partial charge >= 0.3 is 0 Å². The van der Waals surface area contributed by atoms with E-state index in [1.54, 1.807) is 0 Å². The first kappa shape index (κ1) is 13.6. The number of hydrogen-bond acceptors (Lipinski definition) is 1. The van der Waals surface area contributed by atoms with E-state index in [9.17, 15) is 4.79 Å². The Morgan fingerprint density at radius 3 is 2.39 bits per heavy atom. The third kappa shape index (κ3) is 3.35. The van der Waals surface area contributed by atoms with Crippen LogP contribution >= 0.6 is 15.9 Å². The fourth-order valence-corrected chi connectivity index (χ4v) is 2.94. The van der Waals surface area contributed by atoms with Crippen LogP contribution in [0.3, 0.4) is 0 Å². The number of rotatable bonds is 3. The molecule has 0 spiro atoms. The highest BCUT2D eigenvalue weighted by atomic mass is 79.9. The molecular weight excluding hydrogens is 290 g/mol. The third-order valence-electron chi connectivity index (χ3n) is 3.67. The van der Waals surface area contributed by atoms with Crippen LogP contribution in [0.25, 0.3) is 0 Å². The summed E-state index contributed by atoms with van der Waals surface area (Å²) in [5.74, 6) is 0.755. The van der Waals surface area contributed by atoms with E-state index in [1.165, 1.54) is 25.7 Å². The standard InChI is InChI=1S/C15H20BrNO/c1-10-7-13(8-11(2)15(10)16)17-14(18)9-12-5-3-4-6-12/h7-8,12H,3-6,9H2,1-2H3,(H,17,18). The molecule has 1 amide bonds. The Morgan fingerprint density at radius 1 is 1.28 bits per heavy atom. The molecule has 1 aliphatic rings. The Kier molecular flexibility index (Phi) is 4.44. The van der Waals surface area contributed by atoms with Crippen LogP contribution in [0.15, 0.2) is 16.6 Å². The van der Waals surface area contributed by atoms with Gasteiger partial charge in [-0.15, -0.1) is 0 Å². The summed E-state index contributed by atoms with van der Waals surface area (Å²) >= 11 is 3.54. The van der Waals surface area contributed by atoms with Gasteiger partial charge in [-0.25, -0.2) is 0 Å². The molecule has 0 atom stereocenters. The minimum atomic E-state index is 0.156. The van der Waals surface area contributed by atoms with Crippen LogP contribution in [-0.2, 0) is 4.79 Å². The number of nitrogens with one attached hydrogen (secondary N) is 1. The molecule has 1 aliphatic carbocycles. The van der Waals surface area contributed by atoms with Crippen molar-refractivity contribution in [2.24, 2.45) is 5.92 Å². The van der Waals surface area contributed by atoms with E-state index in [4.69, 9.17) is 0 Å². The summed E-state index contributed by atoms with van der Waals surface area (Å²) in [5.41, 5.74) is 3.23. The van der Waals surface area contributed by atoms with Crippen LogP contribution in [0.5, 0.6) is 0 Å². The van der Waals surface area contributed by atoms with Gasteiger partial charge in [0, 0.05) is 16.6 Å². The molecular formula is C15H20BrNO. The lowest BCUT2D eigenvalue weighted by Crippen LogP contribution is -2.15. The van der Waals surface area contributed by atoms with Gasteiger partial charge in [-0.1, -0.05) is 28.8 Å². The first-order valence-corrected chi connectivity index (χ1v) is 7.42. The lowest BCUT2D eigenvalue weighted by molar-refractivity contribution is -0.117. The second-order valence-corrected chi connectivity index (χ2v) is 6.12. The highest BCUT2D eigenvalue weighted by molar-refractivity contribution is 9.10. The monoisotopic (exact) mass is 309 g/mol. The van der Waals surface area contributed by atoms with Gasteiger partial charge in [-0.05, 0) is 55.9 Å². The minimum Gasteiger partial charge on any atom is -0.326 e. The zero-order chi connectivity index (χ0) is 13.1. The number of carbonyl (C=O) groups excluding carboxylic acids is 1. The molecule has 2 rings (SSSR count). The maximum Gasteiger partial charge on any atom is 0.224 e. The SMILES string of the molecule is Cc1cc(NC(=O)CC2CCCC2)cc(C)c1Br. The number of aryl methyl sites for hydroxylation is 2. The fraction of sp³-hybridized carbons (Fsp3) is 0.533. The molecule has 18 heavy (non-hydrogen) atoms. The van der Waals surface area contributed by atoms with E-state index < -0.39 is 0 Å². The molecule has 0 bridgehead atoms. The quantitative estimate of drug-likeness (QED) is 0.869. The Labute approximate surface area is 117 Å². The van der Waals surface area contributed by atoms with E-state index >= 15 is 0 Å². The molecule has 1 fully saturated rings. The fourth-order valence-electron chi connectivity index (χ4n) is 2.71. The van der Waals surface area contributed by atoms with Crippen molar-refractivity contribution in [1.29, 1.82) is 0 Å². The van der Waals surface area contributed by atoms with Crippen LogP contribution in [0.2, 0.25) is 0 Å². The first-order valence-electron chi connectivity index (χ1n) is 6.63. The molecule has 1 aromatic carbocycles. The van der Waals surface area contributed by atoms with Crippen molar-refractivity contribution in [3.8, 4) is 0 Å². The van der Waals surface area contributed by atoms with Gasteiger partial charge in [0.1, 0.15) is 0 Å². The summed E-state index contributed by atoms with van der Waals surface area (Å²) in [4.78, 5) is 12.0. The van der Waals surface area contributed by atoms with Gasteiger partial charge in [0.25, 0.3) is 0 Å². The summed E-state index contributed by atoms with van der Waals surface area (Å²) < 4.78 is 1.12. The number of benzene rings is 1. The van der Waals surface area contributed by atoms with Gasteiger partial charge in [-0.3, -0.25) is 4.79 Å². The lowest BCUT2D eigenvalue weighted by atomic mass is 10.0. The van der Waals surface area contributed by atoms with Gasteiger partial charge in [0.05, 0.1) is 0 Å². The predicted octanol–water partition coefficient (Wildman–Crippen LogP) is 4.58. The third-order valence-corrected chi connectivity index (χ3v) is 4.92. The normalized spacial score (nSPS) is 15.9. The van der Waals surface area contributed by atoms with E-state index in [0.29, 0.717) is 12.3 Å². The minimum absolute atomic E-state index is 0.156. The van der Waals surface area contributed by atoms with Crippen molar-refractivity contribution in [2.75, 3.05) is 5.32 Å². The van der Waals surface area contributed by atoms with Gasteiger partial charge in [-0.2, -0.15) is 0 Å². The second-order valence-electron chi connectivity index (χ2n) is 5.33. The summed E-state index contributed by atoms with van der Waals surface area (Å²) in [6.45, 7) is 4.09. The molecule has 0 saturated heterocycles. The molecule has 3 heteroatoms. The molecule has 1 N–H and O–H groups in total. The lowest BCUT2D eigenvalue weighted by Gasteiger charge is -2.12. The molecule has 0 aliphatic heterocycles. The van der Waals surface area contributed by atoms with E-state index in [1.807, 2.05) is 26.0 Å². The highest BCUT2D eigenvalue weighted by Crippen LogP contribution is 2.29. The maximum atomic E-state index is 12.0. The Balaban J connectivity index is 1.98. The van der Waals surface area contributed by atoms with Crippen molar-refractivity contribution in [3.05, 3.63) is 27.7 Å². The average Bonchev–Trinajstić information content (AvgIpc) is 2.78. The molecule has 1 aromatic rings. The molecule has 98 valence electrons. The van der Waals surface area contributed by atoms with Crippen molar-refractivity contribution in [2.45, 2.75) is 46.0 Å². The molecule has 1 saturated carbocycles. The number of hydrogen-bond donors (Lipinski definition) is 1. The molecule has 0 aromatic heterocycles. The first-order chi connectivity index (χ1) is 8.56. The Bertz CT molecular complexity index is 427. The summed E-state index contributed by atoms with van der Waals surface area (Å²) in [6, 6.07) is 4.03. The zero-order valence-corrected chi connectivity index (χ0v) is 12.6. The van der Waals surface area contributed by atoms with Crippen LogP contribution in [0.1, 0.15) is 43.2 Å².